The minimum Gasteiger partial charge on any atom is -0.422 e. The number of carbonyl (C=O) groups is 1. The van der Waals surface area contributed by atoms with Crippen LogP contribution in [0.15, 0.2) is 24.3 Å². The number of aryl methyl sites for hydroxylation is 1. The van der Waals surface area contributed by atoms with Gasteiger partial charge < -0.3 is 9.72 Å². The normalized spacial score (nSPS) is 15.2. The Morgan fingerprint density at radius 1 is 1.24 bits per heavy atom. The molecule has 1 aliphatic rings. The Morgan fingerprint density at radius 2 is 2.00 bits per heavy atom. The number of hydrogen-bond acceptors (Lipinski definition) is 3. The lowest BCUT2D eigenvalue weighted by atomic mass is 10.1. The third kappa shape index (κ3) is 2.62. The molecular weight excluding hydrogens is 329 g/mol. The number of cyclic esters (lactones) is 1. The molecule has 21 heavy (non-hydrogen) atoms. The van der Waals surface area contributed by atoms with Crippen molar-refractivity contribution in [1.82, 2.24) is 4.98 Å². The van der Waals surface area contributed by atoms with E-state index < -0.39 is 5.97 Å². The van der Waals surface area contributed by atoms with Gasteiger partial charge in [0.05, 0.1) is 10.0 Å². The number of pyridine rings is 1. The summed E-state index contributed by atoms with van der Waals surface area (Å²) in [6.45, 7) is 1.87. The number of benzene rings is 1. The van der Waals surface area contributed by atoms with Crippen molar-refractivity contribution in [2.24, 2.45) is 0 Å². The molecule has 6 heteroatoms. The quantitative estimate of drug-likeness (QED) is 0.586. The summed E-state index contributed by atoms with van der Waals surface area (Å²) in [5.41, 5.74) is 2.72. The molecule has 0 atom stereocenters. The van der Waals surface area contributed by atoms with Gasteiger partial charge in [-0.3, -0.25) is 0 Å². The highest BCUT2D eigenvalue weighted by Gasteiger charge is 2.28. The first-order chi connectivity index (χ1) is 9.95. The molecule has 1 aromatic heterocycles. The molecule has 0 saturated heterocycles. The fourth-order valence-corrected chi connectivity index (χ4v) is 2.81. The summed E-state index contributed by atoms with van der Waals surface area (Å²) in [5, 5.41) is 0.915. The van der Waals surface area contributed by atoms with Gasteiger partial charge in [-0.05, 0) is 36.8 Å². The van der Waals surface area contributed by atoms with E-state index in [1.165, 1.54) is 0 Å². The molecule has 1 aliphatic heterocycles. The van der Waals surface area contributed by atoms with E-state index in [0.29, 0.717) is 31.6 Å². The van der Waals surface area contributed by atoms with Gasteiger partial charge >= 0.3 is 5.97 Å². The minimum atomic E-state index is -0.447. The standard InChI is InChI=1S/C15H9Cl2NO2S/c1-7-4-9-12(20-15(19)13(9)14(21)18-7)6-8-2-3-10(16)11(17)5-8/h2-6H,1H3,(H,18,21). The largest absolute Gasteiger partial charge is 0.422 e. The van der Waals surface area contributed by atoms with Crippen LogP contribution in [0.4, 0.5) is 0 Å². The summed E-state index contributed by atoms with van der Waals surface area (Å²) in [4.78, 5) is 14.9. The van der Waals surface area contributed by atoms with Crippen molar-refractivity contribution in [2.45, 2.75) is 6.92 Å². The van der Waals surface area contributed by atoms with E-state index in [-0.39, 0.29) is 0 Å². The van der Waals surface area contributed by atoms with Crippen LogP contribution >= 0.6 is 35.4 Å². The van der Waals surface area contributed by atoms with Gasteiger partial charge in [0.2, 0.25) is 0 Å². The number of hydrogen-bond donors (Lipinski definition) is 1. The average Bonchev–Trinajstić information content (AvgIpc) is 2.70. The lowest BCUT2D eigenvalue weighted by molar-refractivity contribution is 0.0716. The number of halogens is 2. The van der Waals surface area contributed by atoms with Crippen LogP contribution in [-0.4, -0.2) is 11.0 Å². The number of rotatable bonds is 1. The van der Waals surface area contributed by atoms with Crippen LogP contribution in [0, 0.1) is 11.6 Å². The number of aromatic amines is 1. The molecule has 3 rings (SSSR count). The maximum absolute atomic E-state index is 11.9. The van der Waals surface area contributed by atoms with E-state index in [1.54, 1.807) is 24.3 Å². The van der Waals surface area contributed by atoms with E-state index >= 15 is 0 Å². The number of nitrogens with one attached hydrogen (secondary N) is 1. The highest BCUT2D eigenvalue weighted by Crippen LogP contribution is 2.33. The predicted molar refractivity (Wildman–Crippen MR) is 86.1 cm³/mol. The van der Waals surface area contributed by atoms with E-state index in [9.17, 15) is 4.79 Å². The Morgan fingerprint density at radius 3 is 2.71 bits per heavy atom. The van der Waals surface area contributed by atoms with Crippen LogP contribution in [-0.2, 0) is 4.74 Å². The fraction of sp³-hybridized carbons (Fsp3) is 0.0667. The van der Waals surface area contributed by atoms with Crippen molar-refractivity contribution in [2.75, 3.05) is 0 Å². The Balaban J connectivity index is 2.14. The van der Waals surface area contributed by atoms with Crippen molar-refractivity contribution in [3.63, 3.8) is 0 Å². The summed E-state index contributed by atoms with van der Waals surface area (Å²) in [5.74, 6) is 0.00847. The van der Waals surface area contributed by atoms with Crippen LogP contribution in [0.1, 0.15) is 27.2 Å². The Labute approximate surface area is 136 Å². The molecule has 0 bridgehead atoms. The molecule has 1 N–H and O–H groups in total. The maximum atomic E-state index is 11.9. The van der Waals surface area contributed by atoms with Gasteiger partial charge in [0.25, 0.3) is 0 Å². The molecular formula is C15H9Cl2NO2S. The topological polar surface area (TPSA) is 42.1 Å². The van der Waals surface area contributed by atoms with E-state index in [4.69, 9.17) is 40.2 Å². The predicted octanol–water partition coefficient (Wildman–Crippen LogP) is 5.03. The highest BCUT2D eigenvalue weighted by atomic mass is 35.5. The smallest absolute Gasteiger partial charge is 0.347 e. The van der Waals surface area contributed by atoms with Gasteiger partial charge in [-0.1, -0.05) is 41.5 Å². The van der Waals surface area contributed by atoms with Gasteiger partial charge in [0.15, 0.2) is 0 Å². The monoisotopic (exact) mass is 337 g/mol. The summed E-state index contributed by atoms with van der Waals surface area (Å²) in [6.07, 6.45) is 1.74. The number of esters is 1. The summed E-state index contributed by atoms with van der Waals surface area (Å²) in [6, 6.07) is 7.03. The molecule has 0 spiro atoms. The first-order valence-corrected chi connectivity index (χ1v) is 7.25. The van der Waals surface area contributed by atoms with Crippen LogP contribution in [0.2, 0.25) is 10.0 Å². The molecule has 0 aliphatic carbocycles. The molecule has 1 aromatic carbocycles. The summed E-state index contributed by atoms with van der Waals surface area (Å²) in [7, 11) is 0. The van der Waals surface area contributed by atoms with Crippen molar-refractivity contribution in [3.8, 4) is 0 Å². The first kappa shape index (κ1) is 14.3. The zero-order chi connectivity index (χ0) is 15.1. The van der Waals surface area contributed by atoms with Gasteiger partial charge in [0, 0.05) is 11.3 Å². The lowest BCUT2D eigenvalue weighted by Gasteiger charge is -2.02. The lowest BCUT2D eigenvalue weighted by Crippen LogP contribution is -1.97. The second kappa shape index (κ2) is 5.30. The number of ether oxygens (including phenoxy) is 1. The molecule has 2 aromatic rings. The van der Waals surface area contributed by atoms with Crippen molar-refractivity contribution in [3.05, 3.63) is 61.3 Å². The highest BCUT2D eigenvalue weighted by molar-refractivity contribution is 7.71. The Bertz CT molecular complexity index is 855. The van der Waals surface area contributed by atoms with Gasteiger partial charge in [-0.2, -0.15) is 0 Å². The summed E-state index contributed by atoms with van der Waals surface area (Å²) < 4.78 is 5.68. The molecule has 0 radical (unpaired) electrons. The van der Waals surface area contributed by atoms with Crippen LogP contribution in [0.5, 0.6) is 0 Å². The molecule has 3 nitrogen and oxygen atoms in total. The van der Waals surface area contributed by atoms with Crippen molar-refractivity contribution >= 4 is 53.2 Å². The SMILES string of the molecule is Cc1cc2c(c(=S)[nH]1)C(=O)OC2=Cc1ccc(Cl)c(Cl)c1. The molecule has 106 valence electrons. The van der Waals surface area contributed by atoms with E-state index in [0.717, 1.165) is 11.3 Å². The number of aromatic nitrogens is 1. The van der Waals surface area contributed by atoms with Crippen LogP contribution < -0.4 is 0 Å². The molecule has 0 fully saturated rings. The summed E-state index contributed by atoms with van der Waals surface area (Å²) >= 11 is 17.1. The third-order valence-electron chi connectivity index (χ3n) is 3.08. The fourth-order valence-electron chi connectivity index (χ4n) is 2.15. The van der Waals surface area contributed by atoms with Crippen molar-refractivity contribution in [1.29, 1.82) is 0 Å². The third-order valence-corrected chi connectivity index (χ3v) is 4.13. The van der Waals surface area contributed by atoms with E-state index in [1.807, 2.05) is 13.0 Å². The number of H-pyrrole nitrogens is 1. The van der Waals surface area contributed by atoms with Crippen LogP contribution in [0.3, 0.4) is 0 Å². The first-order valence-electron chi connectivity index (χ1n) is 6.09. The molecule has 0 unspecified atom stereocenters. The average molecular weight is 338 g/mol. The zero-order valence-electron chi connectivity index (χ0n) is 10.9. The zero-order valence-corrected chi connectivity index (χ0v) is 13.2. The number of fused-ring (bicyclic) bond motifs is 1. The van der Waals surface area contributed by atoms with E-state index in [2.05, 4.69) is 4.98 Å². The molecule has 2 heterocycles. The van der Waals surface area contributed by atoms with Crippen LogP contribution in [0.25, 0.3) is 11.8 Å². The second-order valence-electron chi connectivity index (χ2n) is 4.64. The minimum absolute atomic E-state index is 0.382. The van der Waals surface area contributed by atoms with Gasteiger partial charge in [-0.15, -0.1) is 0 Å². The molecule has 0 saturated carbocycles. The number of carbonyl (C=O) groups excluding carboxylic acids is 1. The van der Waals surface area contributed by atoms with Gasteiger partial charge in [0.1, 0.15) is 16.0 Å². The van der Waals surface area contributed by atoms with Gasteiger partial charge in [-0.25, -0.2) is 4.79 Å². The Kier molecular flexibility index (Phi) is 3.61. The second-order valence-corrected chi connectivity index (χ2v) is 5.86. The van der Waals surface area contributed by atoms with Crippen molar-refractivity contribution < 1.29 is 9.53 Å². The molecule has 0 amide bonds. The Hall–Kier alpha value is -1.62. The maximum Gasteiger partial charge on any atom is 0.347 e.